The highest BCUT2D eigenvalue weighted by Crippen LogP contribution is 2.42. The van der Waals surface area contributed by atoms with Crippen LogP contribution in [0.4, 0.5) is 19.0 Å². The molecule has 3 aliphatic rings. The minimum Gasteiger partial charge on any atom is -0.508 e. The van der Waals surface area contributed by atoms with Crippen molar-refractivity contribution in [2.24, 2.45) is 5.92 Å². The number of alkyl halides is 1. The fourth-order valence-corrected chi connectivity index (χ4v) is 7.75. The quantitative estimate of drug-likeness (QED) is 0.251. The lowest BCUT2D eigenvalue weighted by Gasteiger charge is -2.31. The number of hydrogen-bond donors (Lipinski definition) is 2. The third kappa shape index (κ3) is 5.26. The van der Waals surface area contributed by atoms with Gasteiger partial charge in [0.05, 0.1) is 16.8 Å². The number of anilines is 1. The number of aliphatic carboxylic acids is 1. The van der Waals surface area contributed by atoms with Crippen molar-refractivity contribution < 1.29 is 32.9 Å². The number of hydrogen-bond acceptors (Lipinski definition) is 8. The molecule has 0 radical (unpaired) electrons. The number of rotatable bonds is 7. The van der Waals surface area contributed by atoms with Crippen LogP contribution in [0.5, 0.6) is 11.8 Å². The van der Waals surface area contributed by atoms with Crippen LogP contribution in [0.1, 0.15) is 51.0 Å². The van der Waals surface area contributed by atoms with Crippen LogP contribution in [0.15, 0.2) is 30.5 Å². The Morgan fingerprint density at radius 1 is 1.13 bits per heavy atom. The molecule has 242 valence electrons. The first-order chi connectivity index (χ1) is 22.2. The maximum Gasteiger partial charge on any atom is 0.319 e. The molecule has 3 fully saturated rings. The van der Waals surface area contributed by atoms with E-state index in [0.29, 0.717) is 79.3 Å². The number of ether oxygens (including phenoxy) is 1. The lowest BCUT2D eigenvalue weighted by Crippen LogP contribution is -2.43. The van der Waals surface area contributed by atoms with Crippen LogP contribution in [0.25, 0.3) is 32.9 Å². The fraction of sp³-hybridized carbons (Fsp3) is 0.471. The predicted octanol–water partition coefficient (Wildman–Crippen LogP) is 6.04. The molecule has 7 rings (SSSR count). The predicted molar refractivity (Wildman–Crippen MR) is 167 cm³/mol. The average molecular weight is 636 g/mol. The Bertz CT molecular complexity index is 1840. The van der Waals surface area contributed by atoms with Crippen molar-refractivity contribution in [2.45, 2.75) is 63.6 Å². The normalized spacial score (nSPS) is 23.6. The summed E-state index contributed by atoms with van der Waals surface area (Å²) >= 11 is 0. The summed E-state index contributed by atoms with van der Waals surface area (Å²) in [4.78, 5) is 29.5. The molecule has 3 aliphatic heterocycles. The van der Waals surface area contributed by atoms with Gasteiger partial charge in [-0.3, -0.25) is 14.7 Å². The van der Waals surface area contributed by atoms with Gasteiger partial charge in [-0.05, 0) is 79.6 Å². The summed E-state index contributed by atoms with van der Waals surface area (Å²) in [5.74, 6) is -2.31. The van der Waals surface area contributed by atoms with Crippen molar-refractivity contribution >= 4 is 33.5 Å². The van der Waals surface area contributed by atoms with Crippen LogP contribution in [-0.2, 0) is 11.2 Å². The molecule has 2 N–H and O–H groups in total. The van der Waals surface area contributed by atoms with E-state index in [1.54, 1.807) is 13.0 Å². The zero-order valence-electron chi connectivity index (χ0n) is 25.6. The van der Waals surface area contributed by atoms with E-state index in [-0.39, 0.29) is 35.1 Å². The van der Waals surface area contributed by atoms with Crippen molar-refractivity contribution in [2.75, 3.05) is 37.7 Å². The Hall–Kier alpha value is -4.19. The number of carboxylic acid groups (broad SMARTS) is 1. The van der Waals surface area contributed by atoms with Gasteiger partial charge in [-0.2, -0.15) is 9.97 Å². The summed E-state index contributed by atoms with van der Waals surface area (Å²) in [6, 6.07) is 5.68. The highest BCUT2D eigenvalue weighted by atomic mass is 19.1. The van der Waals surface area contributed by atoms with E-state index in [0.717, 1.165) is 19.4 Å². The first-order valence-corrected chi connectivity index (χ1v) is 16.0. The van der Waals surface area contributed by atoms with Crippen LogP contribution in [0, 0.1) is 17.6 Å². The third-order valence-electron chi connectivity index (χ3n) is 10.0. The molecule has 3 atom stereocenters. The van der Waals surface area contributed by atoms with Crippen molar-refractivity contribution in [1.82, 2.24) is 19.9 Å². The molecule has 2 aromatic carbocycles. The number of phenolic OH excluding ortho intramolecular Hbond substituents is 1. The molecule has 9 nitrogen and oxygen atoms in total. The number of phenols is 1. The highest BCUT2D eigenvalue weighted by Gasteiger charge is 2.49. The van der Waals surface area contributed by atoms with Gasteiger partial charge in [-0.1, -0.05) is 13.0 Å². The monoisotopic (exact) mass is 635 g/mol. The Balaban J connectivity index is 1.36. The molecule has 5 heterocycles. The third-order valence-corrected chi connectivity index (χ3v) is 10.0. The molecule has 0 bridgehead atoms. The molecule has 2 aromatic heterocycles. The number of aryl methyl sites for hydroxylation is 1. The molecule has 3 saturated heterocycles. The summed E-state index contributed by atoms with van der Waals surface area (Å²) in [6.07, 6.45) is 4.42. The van der Waals surface area contributed by atoms with Gasteiger partial charge in [0.25, 0.3) is 0 Å². The Labute approximate surface area is 264 Å². The van der Waals surface area contributed by atoms with Gasteiger partial charge in [0.15, 0.2) is 5.82 Å². The van der Waals surface area contributed by atoms with E-state index >= 15 is 4.39 Å². The minimum absolute atomic E-state index is 0.0643. The van der Waals surface area contributed by atoms with Crippen LogP contribution >= 0.6 is 0 Å². The van der Waals surface area contributed by atoms with Crippen molar-refractivity contribution in [1.29, 1.82) is 0 Å². The van der Waals surface area contributed by atoms with Crippen molar-refractivity contribution in [3.8, 4) is 23.0 Å². The number of fused-ring (bicyclic) bond motifs is 3. The summed E-state index contributed by atoms with van der Waals surface area (Å²) in [5.41, 5.74) is -0.0406. The minimum atomic E-state index is -0.947. The molecule has 0 spiro atoms. The Morgan fingerprint density at radius 2 is 1.98 bits per heavy atom. The number of nitrogens with zero attached hydrogens (tertiary/aromatic N) is 5. The molecule has 12 heteroatoms. The second-order valence-electron chi connectivity index (χ2n) is 12.8. The second-order valence-corrected chi connectivity index (χ2v) is 12.8. The zero-order chi connectivity index (χ0) is 32.2. The number of aromatic nitrogens is 3. The number of benzene rings is 2. The van der Waals surface area contributed by atoms with Gasteiger partial charge < -0.3 is 19.8 Å². The molecular weight excluding hydrogens is 599 g/mol. The van der Waals surface area contributed by atoms with Crippen molar-refractivity contribution in [3.63, 3.8) is 0 Å². The van der Waals surface area contributed by atoms with E-state index < -0.39 is 35.2 Å². The molecule has 0 amide bonds. The van der Waals surface area contributed by atoms with Gasteiger partial charge in [0.2, 0.25) is 0 Å². The first-order valence-electron chi connectivity index (χ1n) is 16.0. The van der Waals surface area contributed by atoms with E-state index in [4.69, 9.17) is 9.72 Å². The van der Waals surface area contributed by atoms with Crippen LogP contribution in [-0.4, -0.2) is 80.5 Å². The zero-order valence-corrected chi connectivity index (χ0v) is 25.6. The highest BCUT2D eigenvalue weighted by molar-refractivity contribution is 6.01. The maximum atomic E-state index is 16.8. The molecule has 4 aromatic rings. The van der Waals surface area contributed by atoms with E-state index in [9.17, 15) is 23.8 Å². The first kappa shape index (κ1) is 30.5. The number of carboxylic acids is 1. The second kappa shape index (κ2) is 11.9. The molecule has 0 aliphatic carbocycles. The molecular formula is C34H36F3N5O4. The largest absolute Gasteiger partial charge is 0.508 e. The van der Waals surface area contributed by atoms with E-state index in [1.807, 2.05) is 4.90 Å². The van der Waals surface area contributed by atoms with Gasteiger partial charge >= 0.3 is 12.0 Å². The van der Waals surface area contributed by atoms with E-state index in [2.05, 4.69) is 14.9 Å². The standard InChI is InChI=1S/C34H36F3N5O4/c1-2-23-26(36)7-6-20-13-22(43)14-24(27(20)23)29-28(37)30-25(16-38-29)31(41-10-3-5-19(8-12-41)32(44)45)40-33(39-30)46-18-34-9-4-11-42(34)17-21(35)15-34/h6-7,13-14,16,19,21,43H,2-5,8-12,15,17-18H2,1H3,(H,44,45)/t19?,21-,34+/m1/s1. The topological polar surface area (TPSA) is 112 Å². The fourth-order valence-electron chi connectivity index (χ4n) is 7.75. The van der Waals surface area contributed by atoms with Crippen LogP contribution < -0.4 is 9.64 Å². The Morgan fingerprint density at radius 3 is 2.78 bits per heavy atom. The average Bonchev–Trinajstić information content (AvgIpc) is 3.43. The van der Waals surface area contributed by atoms with Gasteiger partial charge in [0.1, 0.15) is 41.4 Å². The lowest BCUT2D eigenvalue weighted by atomic mass is 9.94. The van der Waals surface area contributed by atoms with Crippen LogP contribution in [0.3, 0.4) is 0 Å². The van der Waals surface area contributed by atoms with Crippen molar-refractivity contribution in [3.05, 3.63) is 47.7 Å². The smallest absolute Gasteiger partial charge is 0.319 e. The number of halogens is 3. The van der Waals surface area contributed by atoms with Gasteiger partial charge in [0, 0.05) is 37.8 Å². The summed E-state index contributed by atoms with van der Waals surface area (Å²) in [5, 5.41) is 21.5. The molecule has 46 heavy (non-hydrogen) atoms. The summed E-state index contributed by atoms with van der Waals surface area (Å²) in [7, 11) is 0. The summed E-state index contributed by atoms with van der Waals surface area (Å²) in [6.45, 7) is 3.97. The van der Waals surface area contributed by atoms with Crippen LogP contribution in [0.2, 0.25) is 0 Å². The molecule has 1 unspecified atom stereocenters. The summed E-state index contributed by atoms with van der Waals surface area (Å²) < 4.78 is 52.4. The Kier molecular flexibility index (Phi) is 7.86. The number of pyridine rings is 1. The van der Waals surface area contributed by atoms with E-state index in [1.165, 1.54) is 24.4 Å². The number of carbonyl (C=O) groups is 1. The molecule has 0 saturated carbocycles. The maximum absolute atomic E-state index is 16.8. The lowest BCUT2D eigenvalue weighted by molar-refractivity contribution is -0.142. The van der Waals surface area contributed by atoms with Gasteiger partial charge in [-0.25, -0.2) is 13.2 Å². The SMILES string of the molecule is CCc1c(F)ccc2cc(O)cc(-c3ncc4c(N5CCCC(C(=O)O)CC5)nc(OC[C@@]56CCCN5C[C@H](F)C6)nc4c3F)c12. The number of aromatic hydroxyl groups is 1. The van der Waals surface area contributed by atoms with Gasteiger partial charge in [-0.15, -0.1) is 0 Å².